The highest BCUT2D eigenvalue weighted by molar-refractivity contribution is 5.28. The molecule has 0 aliphatic heterocycles. The van der Waals surface area contributed by atoms with Crippen LogP contribution in [0.1, 0.15) is 37.1 Å². The average Bonchev–Trinajstić information content (AvgIpc) is 3.14. The Morgan fingerprint density at radius 2 is 1.62 bits per heavy atom. The molecule has 3 rings (SSSR count). The highest BCUT2D eigenvalue weighted by Gasteiger charge is 2.41. The Morgan fingerprint density at radius 3 is 2.12 bits per heavy atom. The molecule has 0 atom stereocenters. The molecule has 16 heavy (non-hydrogen) atoms. The molecule has 1 heterocycles. The third-order valence-corrected chi connectivity index (χ3v) is 3.65. The topological polar surface area (TPSA) is 50.7 Å². The van der Waals surface area contributed by atoms with Gasteiger partial charge in [0.25, 0.3) is 0 Å². The average molecular weight is 218 g/mol. The van der Waals surface area contributed by atoms with Gasteiger partial charge in [-0.2, -0.15) is 5.10 Å². The number of nitrogens with one attached hydrogen (secondary N) is 1. The third-order valence-electron chi connectivity index (χ3n) is 3.65. The van der Waals surface area contributed by atoms with Crippen molar-refractivity contribution in [3.05, 3.63) is 11.4 Å². The van der Waals surface area contributed by atoms with E-state index in [1.54, 1.807) is 0 Å². The Kier molecular flexibility index (Phi) is 2.30. The summed E-state index contributed by atoms with van der Waals surface area (Å²) in [6.07, 6.45) is 5.47. The van der Waals surface area contributed by atoms with Gasteiger partial charge in [-0.1, -0.05) is 0 Å². The maximum absolute atomic E-state index is 4.45. The first-order valence-electron chi connectivity index (χ1n) is 6.18. The zero-order valence-corrected chi connectivity index (χ0v) is 9.90. The molecule has 1 aromatic rings. The first kappa shape index (κ1) is 10.00. The lowest BCUT2D eigenvalue weighted by molar-refractivity contribution is 0.561. The Balaban J connectivity index is 1.73. The second-order valence-electron chi connectivity index (χ2n) is 5.15. The Morgan fingerprint density at radius 1 is 1.00 bits per heavy atom. The molecule has 0 bridgehead atoms. The van der Waals surface area contributed by atoms with Gasteiger partial charge in [0.1, 0.15) is 0 Å². The lowest BCUT2D eigenvalue weighted by Crippen LogP contribution is -2.26. The number of rotatable bonds is 4. The second kappa shape index (κ2) is 3.68. The summed E-state index contributed by atoms with van der Waals surface area (Å²) in [5.41, 5.74) is 1.89. The van der Waals surface area contributed by atoms with Gasteiger partial charge in [0, 0.05) is 6.04 Å². The molecule has 1 aromatic heterocycles. The molecule has 4 nitrogen and oxygen atoms in total. The van der Waals surface area contributed by atoms with E-state index in [9.17, 15) is 0 Å². The smallest absolute Gasteiger partial charge is 0.243 e. The Labute approximate surface area is 95.9 Å². The number of hydrogen-bond donors (Lipinski definition) is 1. The molecule has 2 saturated carbocycles. The zero-order valence-electron chi connectivity index (χ0n) is 9.90. The molecule has 2 fully saturated rings. The summed E-state index contributed by atoms with van der Waals surface area (Å²) in [6, 6.07) is 0.601. The van der Waals surface area contributed by atoms with Crippen LogP contribution in [0.25, 0.3) is 0 Å². The third kappa shape index (κ3) is 2.01. The van der Waals surface area contributed by atoms with E-state index in [0.29, 0.717) is 12.0 Å². The number of hydrogen-bond acceptors (Lipinski definition) is 4. The van der Waals surface area contributed by atoms with Crippen molar-refractivity contribution >= 4 is 5.95 Å². The number of aromatic nitrogens is 3. The lowest BCUT2D eigenvalue weighted by atomic mass is 10.1. The van der Waals surface area contributed by atoms with Crippen LogP contribution in [0.3, 0.4) is 0 Å². The summed E-state index contributed by atoms with van der Waals surface area (Å²) in [7, 11) is 0. The van der Waals surface area contributed by atoms with Crippen LogP contribution in [-0.4, -0.2) is 21.2 Å². The molecule has 0 unspecified atom stereocenters. The van der Waals surface area contributed by atoms with Crippen molar-refractivity contribution in [2.45, 2.75) is 45.6 Å². The van der Waals surface area contributed by atoms with Crippen LogP contribution in [0.2, 0.25) is 0 Å². The molecular weight excluding hydrogens is 200 g/mol. The molecule has 86 valence electrons. The second-order valence-corrected chi connectivity index (χ2v) is 5.15. The van der Waals surface area contributed by atoms with Crippen molar-refractivity contribution in [1.82, 2.24) is 15.2 Å². The van der Waals surface area contributed by atoms with E-state index < -0.39 is 0 Å². The van der Waals surface area contributed by atoms with Crippen molar-refractivity contribution in [1.29, 1.82) is 0 Å². The maximum atomic E-state index is 4.45. The Bertz CT molecular complexity index is 384. The number of nitrogens with zero attached hydrogens (tertiary/aromatic N) is 3. The predicted molar refractivity (Wildman–Crippen MR) is 62.2 cm³/mol. The molecular formula is C12H18N4. The first-order chi connectivity index (χ1) is 7.74. The van der Waals surface area contributed by atoms with E-state index in [2.05, 4.69) is 20.5 Å². The van der Waals surface area contributed by atoms with Crippen molar-refractivity contribution in [2.24, 2.45) is 11.8 Å². The largest absolute Gasteiger partial charge is 0.350 e. The van der Waals surface area contributed by atoms with Crippen molar-refractivity contribution in [2.75, 3.05) is 5.32 Å². The van der Waals surface area contributed by atoms with Gasteiger partial charge in [-0.05, 0) is 51.4 Å². The van der Waals surface area contributed by atoms with Gasteiger partial charge in [-0.25, -0.2) is 4.98 Å². The van der Waals surface area contributed by atoms with Gasteiger partial charge in [0.2, 0.25) is 5.95 Å². The summed E-state index contributed by atoms with van der Waals surface area (Å²) < 4.78 is 0. The first-order valence-corrected chi connectivity index (χ1v) is 6.18. The standard InChI is InChI=1S/C12H18N4/c1-7-8(2)15-16-12(13-7)14-11(9-3-4-9)10-5-6-10/h9-11H,3-6H2,1-2H3,(H,13,14,16). The molecule has 0 aromatic carbocycles. The number of anilines is 1. The minimum atomic E-state index is 0.601. The van der Waals surface area contributed by atoms with E-state index in [1.165, 1.54) is 25.7 Å². The number of aryl methyl sites for hydroxylation is 2. The van der Waals surface area contributed by atoms with Crippen LogP contribution in [0.5, 0.6) is 0 Å². The van der Waals surface area contributed by atoms with E-state index in [-0.39, 0.29) is 0 Å². The predicted octanol–water partition coefficient (Wildman–Crippen LogP) is 2.09. The van der Waals surface area contributed by atoms with Gasteiger partial charge in [-0.3, -0.25) is 0 Å². The monoisotopic (exact) mass is 218 g/mol. The van der Waals surface area contributed by atoms with Crippen molar-refractivity contribution in [3.8, 4) is 0 Å². The van der Waals surface area contributed by atoms with Crippen molar-refractivity contribution in [3.63, 3.8) is 0 Å². The minimum absolute atomic E-state index is 0.601. The van der Waals surface area contributed by atoms with Gasteiger partial charge >= 0.3 is 0 Å². The highest BCUT2D eigenvalue weighted by atomic mass is 15.2. The molecule has 1 N–H and O–H groups in total. The van der Waals surface area contributed by atoms with Gasteiger partial charge < -0.3 is 5.32 Å². The maximum Gasteiger partial charge on any atom is 0.243 e. The lowest BCUT2D eigenvalue weighted by Gasteiger charge is -2.17. The van der Waals surface area contributed by atoms with Crippen LogP contribution in [-0.2, 0) is 0 Å². The molecule has 2 aliphatic rings. The van der Waals surface area contributed by atoms with Crippen molar-refractivity contribution < 1.29 is 0 Å². The minimum Gasteiger partial charge on any atom is -0.350 e. The van der Waals surface area contributed by atoms with Gasteiger partial charge in [-0.15, -0.1) is 5.10 Å². The SMILES string of the molecule is Cc1nnc(NC(C2CC2)C2CC2)nc1C. The van der Waals surface area contributed by atoms with E-state index >= 15 is 0 Å². The highest BCUT2D eigenvalue weighted by Crippen LogP contribution is 2.45. The summed E-state index contributed by atoms with van der Waals surface area (Å²) in [6.45, 7) is 3.93. The zero-order chi connectivity index (χ0) is 11.1. The van der Waals surface area contributed by atoms with Crippen LogP contribution >= 0.6 is 0 Å². The quantitative estimate of drug-likeness (QED) is 0.840. The van der Waals surface area contributed by atoms with Crippen LogP contribution in [0.4, 0.5) is 5.95 Å². The summed E-state index contributed by atoms with van der Waals surface area (Å²) in [5.74, 6) is 2.43. The van der Waals surface area contributed by atoms with Gasteiger partial charge in [0.05, 0.1) is 11.4 Å². The van der Waals surface area contributed by atoms with E-state index in [1.807, 2.05) is 13.8 Å². The Hall–Kier alpha value is -1.19. The molecule has 4 heteroatoms. The molecule has 2 aliphatic carbocycles. The van der Waals surface area contributed by atoms with E-state index in [4.69, 9.17) is 0 Å². The summed E-state index contributed by atoms with van der Waals surface area (Å²) in [4.78, 5) is 4.45. The molecule has 0 radical (unpaired) electrons. The van der Waals surface area contributed by atoms with Crippen LogP contribution < -0.4 is 5.32 Å². The van der Waals surface area contributed by atoms with Crippen LogP contribution in [0.15, 0.2) is 0 Å². The summed E-state index contributed by atoms with van der Waals surface area (Å²) >= 11 is 0. The molecule has 0 saturated heterocycles. The fourth-order valence-electron chi connectivity index (χ4n) is 2.20. The van der Waals surface area contributed by atoms with Gasteiger partial charge in [0.15, 0.2) is 0 Å². The van der Waals surface area contributed by atoms with E-state index in [0.717, 1.165) is 23.2 Å². The van der Waals surface area contributed by atoms with Crippen LogP contribution in [0, 0.1) is 25.7 Å². The normalized spacial score (nSPS) is 20.2. The molecule has 0 amide bonds. The fourth-order valence-corrected chi connectivity index (χ4v) is 2.20. The summed E-state index contributed by atoms with van der Waals surface area (Å²) in [5, 5.41) is 11.7. The molecule has 0 spiro atoms. The fraction of sp³-hybridized carbons (Fsp3) is 0.750.